The molecule has 3 aromatic carbocycles. The summed E-state index contributed by atoms with van der Waals surface area (Å²) < 4.78 is 17.4. The molecule has 11 nitrogen and oxygen atoms in total. The normalized spacial score (nSPS) is 25.0. The van der Waals surface area contributed by atoms with Gasteiger partial charge in [-0.25, -0.2) is 9.59 Å². The number of carbonyl (C=O) groups excluding carboxylic acids is 2. The number of ether oxygens (including phenoxy) is 3. The SMILES string of the molecule is COc1c(N)c(N)c(OC)c2c1CN1C(=O)N3COCN4C(=O)N(C2)C1(c1ccccc1)C34c1ccccc1. The van der Waals surface area contributed by atoms with Gasteiger partial charge in [-0.2, -0.15) is 0 Å². The average Bonchev–Trinajstić information content (AvgIpc) is 3.25. The van der Waals surface area contributed by atoms with Crippen LogP contribution in [0.5, 0.6) is 11.5 Å². The first-order valence-corrected chi connectivity index (χ1v) is 12.6. The van der Waals surface area contributed by atoms with Crippen molar-refractivity contribution in [3.63, 3.8) is 0 Å². The first kappa shape index (κ1) is 23.5. The van der Waals surface area contributed by atoms with E-state index in [1.807, 2.05) is 60.7 Å². The van der Waals surface area contributed by atoms with Crippen LogP contribution in [0.15, 0.2) is 60.7 Å². The molecule has 4 aliphatic heterocycles. The van der Waals surface area contributed by atoms with Crippen LogP contribution < -0.4 is 20.9 Å². The largest absolute Gasteiger partial charge is 0.494 e. The fourth-order valence-electron chi connectivity index (χ4n) is 7.10. The molecule has 39 heavy (non-hydrogen) atoms. The van der Waals surface area contributed by atoms with Crippen molar-refractivity contribution in [1.29, 1.82) is 0 Å². The third-order valence-corrected chi connectivity index (χ3v) is 8.50. The van der Waals surface area contributed by atoms with Gasteiger partial charge in [-0.3, -0.25) is 19.6 Å². The van der Waals surface area contributed by atoms with Crippen LogP contribution in [0.3, 0.4) is 0 Å². The first-order valence-electron chi connectivity index (χ1n) is 12.6. The molecule has 200 valence electrons. The van der Waals surface area contributed by atoms with Crippen LogP contribution in [0.25, 0.3) is 0 Å². The molecular formula is C28H28N6O5. The summed E-state index contributed by atoms with van der Waals surface area (Å²) in [6.07, 6.45) is 0. The fourth-order valence-corrected chi connectivity index (χ4v) is 7.10. The Morgan fingerprint density at radius 2 is 1.05 bits per heavy atom. The maximum absolute atomic E-state index is 14.6. The highest BCUT2D eigenvalue weighted by Crippen LogP contribution is 2.65. The summed E-state index contributed by atoms with van der Waals surface area (Å²) in [4.78, 5) is 35.9. The van der Waals surface area contributed by atoms with E-state index in [9.17, 15) is 9.59 Å². The van der Waals surface area contributed by atoms with Gasteiger partial charge in [0.2, 0.25) is 0 Å². The lowest BCUT2D eigenvalue weighted by Crippen LogP contribution is -2.65. The number of nitrogens with zero attached hydrogens (tertiary/aromatic N) is 4. The molecule has 4 aliphatic rings. The molecule has 0 saturated carbocycles. The number of nitrogen functional groups attached to an aromatic ring is 2. The van der Waals surface area contributed by atoms with Gasteiger partial charge in [-0.15, -0.1) is 0 Å². The minimum atomic E-state index is -1.27. The molecule has 3 fully saturated rings. The van der Waals surface area contributed by atoms with Gasteiger partial charge in [0.15, 0.2) is 11.3 Å². The van der Waals surface area contributed by atoms with Crippen molar-refractivity contribution in [2.45, 2.75) is 24.4 Å². The number of fused-ring (bicyclic) bond motifs is 1. The standard InChI is InChI=1S/C28H28N6O5/c1-37-23-19-13-31-25(35)33-15-39-16-34-26(36)32(14-20(19)24(38-2)22(30)21(23)29)27(31,17-9-5-3-6-10-17)28(33,34)18-11-7-4-8-12-18/h3-12H,13-16,29-30H2,1-2H3. The number of urea groups is 2. The Balaban J connectivity index is 1.63. The van der Waals surface area contributed by atoms with Gasteiger partial charge < -0.3 is 25.7 Å². The topological polar surface area (TPSA) is 127 Å². The number of rotatable bonds is 4. The Hall–Kier alpha value is -4.64. The molecule has 4 heterocycles. The Morgan fingerprint density at radius 1 is 0.667 bits per heavy atom. The van der Waals surface area contributed by atoms with E-state index in [4.69, 9.17) is 25.7 Å². The predicted octanol–water partition coefficient (Wildman–Crippen LogP) is 3.01. The van der Waals surface area contributed by atoms with Crippen LogP contribution in [0.4, 0.5) is 21.0 Å². The van der Waals surface area contributed by atoms with E-state index in [0.29, 0.717) is 22.6 Å². The number of carbonyl (C=O) groups is 2. The van der Waals surface area contributed by atoms with E-state index in [2.05, 4.69) is 0 Å². The summed E-state index contributed by atoms with van der Waals surface area (Å²) in [5.74, 6) is 0.722. The number of benzene rings is 3. The smallest absolute Gasteiger partial charge is 0.326 e. The lowest BCUT2D eigenvalue weighted by molar-refractivity contribution is -0.179. The third kappa shape index (κ3) is 2.51. The molecule has 3 saturated heterocycles. The van der Waals surface area contributed by atoms with Crippen molar-refractivity contribution < 1.29 is 23.8 Å². The Morgan fingerprint density at radius 3 is 1.44 bits per heavy atom. The zero-order valence-corrected chi connectivity index (χ0v) is 21.6. The lowest BCUT2D eigenvalue weighted by atomic mass is 9.79. The Labute approximate surface area is 225 Å². The van der Waals surface area contributed by atoms with Crippen molar-refractivity contribution in [2.75, 3.05) is 39.1 Å². The van der Waals surface area contributed by atoms with Crippen molar-refractivity contribution in [3.8, 4) is 11.5 Å². The van der Waals surface area contributed by atoms with Gasteiger partial charge >= 0.3 is 12.1 Å². The fraction of sp³-hybridized carbons (Fsp3) is 0.286. The van der Waals surface area contributed by atoms with Crippen LogP contribution in [-0.4, -0.2) is 59.3 Å². The summed E-state index contributed by atoms with van der Waals surface area (Å²) >= 11 is 0. The molecule has 4 amide bonds. The molecule has 0 radical (unpaired) electrons. The number of anilines is 2. The van der Waals surface area contributed by atoms with Gasteiger partial charge in [-0.05, 0) is 0 Å². The number of amides is 4. The third-order valence-electron chi connectivity index (χ3n) is 8.50. The number of hydrogen-bond donors (Lipinski definition) is 2. The zero-order chi connectivity index (χ0) is 27.1. The van der Waals surface area contributed by atoms with Crippen molar-refractivity contribution in [1.82, 2.24) is 19.6 Å². The molecule has 0 bridgehead atoms. The summed E-state index contributed by atoms with van der Waals surface area (Å²) in [6.45, 7) is 0.229. The number of hydrogen-bond acceptors (Lipinski definition) is 7. The van der Waals surface area contributed by atoms with Crippen LogP contribution in [0.2, 0.25) is 0 Å². The molecule has 3 aromatic rings. The molecular weight excluding hydrogens is 500 g/mol. The quantitative estimate of drug-likeness (QED) is 0.499. The molecule has 0 atom stereocenters. The highest BCUT2D eigenvalue weighted by Gasteiger charge is 2.81. The maximum atomic E-state index is 14.6. The number of nitrogens with two attached hydrogens (primary N) is 2. The lowest BCUT2D eigenvalue weighted by Gasteiger charge is -2.51. The monoisotopic (exact) mass is 528 g/mol. The second kappa shape index (κ2) is 7.93. The highest BCUT2D eigenvalue weighted by atomic mass is 16.5. The van der Waals surface area contributed by atoms with E-state index < -0.39 is 11.3 Å². The predicted molar refractivity (Wildman–Crippen MR) is 141 cm³/mol. The van der Waals surface area contributed by atoms with Crippen LogP contribution in [0.1, 0.15) is 22.3 Å². The molecule has 0 aliphatic carbocycles. The second-order valence-electron chi connectivity index (χ2n) is 9.98. The average molecular weight is 529 g/mol. The molecule has 4 N–H and O–H groups in total. The first-order chi connectivity index (χ1) is 18.9. The van der Waals surface area contributed by atoms with E-state index >= 15 is 0 Å². The molecule has 0 unspecified atom stereocenters. The molecule has 7 rings (SSSR count). The highest BCUT2D eigenvalue weighted by molar-refractivity contribution is 5.91. The Bertz CT molecular complexity index is 1450. The van der Waals surface area contributed by atoms with Gasteiger partial charge in [0.05, 0.1) is 27.3 Å². The van der Waals surface area contributed by atoms with E-state index in [1.165, 1.54) is 14.2 Å². The molecule has 0 aromatic heterocycles. The van der Waals surface area contributed by atoms with Crippen molar-refractivity contribution >= 4 is 23.4 Å². The summed E-state index contributed by atoms with van der Waals surface area (Å²) in [5, 5.41) is 0. The van der Waals surface area contributed by atoms with E-state index in [1.54, 1.807) is 19.6 Å². The minimum Gasteiger partial charge on any atom is -0.494 e. The van der Waals surface area contributed by atoms with Gasteiger partial charge in [0, 0.05) is 22.3 Å². The van der Waals surface area contributed by atoms with Crippen LogP contribution >= 0.6 is 0 Å². The zero-order valence-electron chi connectivity index (χ0n) is 21.6. The van der Waals surface area contributed by atoms with E-state index in [-0.39, 0.29) is 50.0 Å². The number of methoxy groups -OCH3 is 2. The van der Waals surface area contributed by atoms with E-state index in [0.717, 1.165) is 11.1 Å². The minimum absolute atomic E-state index is 0.0214. The van der Waals surface area contributed by atoms with Gasteiger partial charge in [0.25, 0.3) is 0 Å². The van der Waals surface area contributed by atoms with Gasteiger partial charge in [-0.1, -0.05) is 60.7 Å². The van der Waals surface area contributed by atoms with Gasteiger partial charge in [0.1, 0.15) is 36.3 Å². The summed E-state index contributed by atoms with van der Waals surface area (Å²) in [6, 6.07) is 18.8. The maximum Gasteiger partial charge on any atom is 0.326 e. The van der Waals surface area contributed by atoms with Crippen molar-refractivity contribution in [3.05, 3.63) is 82.9 Å². The van der Waals surface area contributed by atoms with Crippen molar-refractivity contribution in [2.24, 2.45) is 0 Å². The van der Waals surface area contributed by atoms with Crippen LogP contribution in [0, 0.1) is 0 Å². The second-order valence-corrected chi connectivity index (χ2v) is 9.98. The van der Waals surface area contributed by atoms with Crippen LogP contribution in [-0.2, 0) is 29.2 Å². The Kier molecular flexibility index (Phi) is 4.77. The summed E-state index contributed by atoms with van der Waals surface area (Å²) in [5.41, 5.74) is 13.7. The summed E-state index contributed by atoms with van der Waals surface area (Å²) in [7, 11) is 3.02. The molecule has 11 heteroatoms. The molecule has 0 spiro atoms.